The first-order valence-electron chi connectivity index (χ1n) is 8.66. The van der Waals surface area contributed by atoms with Crippen molar-refractivity contribution in [3.8, 4) is 5.75 Å². The van der Waals surface area contributed by atoms with Gasteiger partial charge in [-0.1, -0.05) is 29.8 Å². The number of nitrogens with one attached hydrogen (secondary N) is 1. The summed E-state index contributed by atoms with van der Waals surface area (Å²) < 4.78 is 7.24. The number of hydrogen-bond donors (Lipinski definition) is 1. The van der Waals surface area contributed by atoms with E-state index >= 15 is 0 Å². The van der Waals surface area contributed by atoms with Crippen molar-refractivity contribution in [3.05, 3.63) is 47.3 Å². The smallest absolute Gasteiger partial charge is 0.161 e. The summed E-state index contributed by atoms with van der Waals surface area (Å²) in [6, 6.07) is 9.53. The van der Waals surface area contributed by atoms with Crippen molar-refractivity contribution in [3.63, 3.8) is 0 Å². The van der Waals surface area contributed by atoms with Crippen molar-refractivity contribution in [1.29, 1.82) is 0 Å². The normalized spacial score (nSPS) is 19.6. The molecule has 0 saturated carbocycles. The molecule has 1 fully saturated rings. The number of benzene rings is 1. The maximum atomic E-state index is 5.43. The maximum absolute atomic E-state index is 5.43. The highest BCUT2D eigenvalue weighted by atomic mass is 16.5. The molecule has 24 heavy (non-hydrogen) atoms. The lowest BCUT2D eigenvalue weighted by Gasteiger charge is -2.20. The minimum atomic E-state index is 0.186. The van der Waals surface area contributed by atoms with Gasteiger partial charge in [0.25, 0.3) is 0 Å². The van der Waals surface area contributed by atoms with Crippen LogP contribution in [0.5, 0.6) is 5.75 Å². The molecular formula is C19H28N4O. The second-order valence-electron chi connectivity index (χ2n) is 6.85. The molecule has 1 aromatic heterocycles. The number of aromatic nitrogens is 2. The van der Waals surface area contributed by atoms with E-state index in [0.717, 1.165) is 31.1 Å². The van der Waals surface area contributed by atoms with Gasteiger partial charge in [-0.2, -0.15) is 5.10 Å². The van der Waals surface area contributed by atoms with E-state index in [9.17, 15) is 0 Å². The molecule has 1 aromatic carbocycles. The van der Waals surface area contributed by atoms with Gasteiger partial charge in [0.1, 0.15) is 5.69 Å². The first-order chi connectivity index (χ1) is 11.5. The zero-order valence-corrected chi connectivity index (χ0v) is 15.1. The van der Waals surface area contributed by atoms with Crippen LogP contribution in [0.3, 0.4) is 0 Å². The summed E-state index contributed by atoms with van der Waals surface area (Å²) in [6.07, 6.45) is 3.09. The molecule has 5 heteroatoms. The van der Waals surface area contributed by atoms with Gasteiger partial charge in [-0.25, -0.2) is 0 Å². The molecule has 2 unspecified atom stereocenters. The summed E-state index contributed by atoms with van der Waals surface area (Å²) in [4.78, 5) is 2.52. The quantitative estimate of drug-likeness (QED) is 0.885. The third kappa shape index (κ3) is 3.97. The molecule has 1 N–H and O–H groups in total. The molecule has 3 rings (SSSR count). The van der Waals surface area contributed by atoms with Crippen LogP contribution < -0.4 is 10.1 Å². The Bertz CT molecular complexity index is 665. The van der Waals surface area contributed by atoms with Crippen LogP contribution in [0, 0.1) is 6.92 Å². The van der Waals surface area contributed by atoms with Gasteiger partial charge in [0.2, 0.25) is 0 Å². The average molecular weight is 328 g/mol. The van der Waals surface area contributed by atoms with E-state index in [1.165, 1.54) is 17.5 Å². The van der Waals surface area contributed by atoms with Gasteiger partial charge < -0.3 is 10.1 Å². The Balaban J connectivity index is 1.54. The molecule has 130 valence electrons. The Morgan fingerprint density at radius 2 is 2.08 bits per heavy atom. The summed E-state index contributed by atoms with van der Waals surface area (Å²) in [5.41, 5.74) is 3.69. The number of nitrogens with zero attached hydrogens (tertiary/aromatic N) is 3. The number of methoxy groups -OCH3 is 1. The Labute approximate surface area is 144 Å². The second kappa shape index (κ2) is 7.36. The van der Waals surface area contributed by atoms with Crippen molar-refractivity contribution in [1.82, 2.24) is 20.0 Å². The molecule has 0 amide bonds. The molecule has 2 heterocycles. The van der Waals surface area contributed by atoms with Gasteiger partial charge in [0, 0.05) is 32.7 Å². The second-order valence-corrected chi connectivity index (χ2v) is 6.85. The molecular weight excluding hydrogens is 300 g/mol. The largest absolute Gasteiger partial charge is 0.493 e. The average Bonchev–Trinajstić information content (AvgIpc) is 3.15. The van der Waals surface area contributed by atoms with Crippen LogP contribution >= 0.6 is 0 Å². The standard InChI is InChI=1S/C19H28N4O/c1-14-5-7-16(8-6-14)11-23-10-9-17(12-23)20-15(2)19-18(24-4)13-22(3)21-19/h5-8,13,15,17,20H,9-12H2,1-4H3. The highest BCUT2D eigenvalue weighted by Crippen LogP contribution is 2.24. The Morgan fingerprint density at radius 3 is 2.79 bits per heavy atom. The predicted octanol–water partition coefficient (Wildman–Crippen LogP) is 2.66. The van der Waals surface area contributed by atoms with E-state index in [2.05, 4.69) is 53.4 Å². The summed E-state index contributed by atoms with van der Waals surface area (Å²) in [6.45, 7) is 7.53. The molecule has 0 spiro atoms. The van der Waals surface area contributed by atoms with Crippen LogP contribution in [0.1, 0.15) is 36.2 Å². The summed E-state index contributed by atoms with van der Waals surface area (Å²) in [5.74, 6) is 0.854. The molecule has 0 radical (unpaired) electrons. The number of aryl methyl sites for hydroxylation is 2. The van der Waals surface area contributed by atoms with Crippen LogP contribution in [0.25, 0.3) is 0 Å². The minimum Gasteiger partial charge on any atom is -0.493 e. The van der Waals surface area contributed by atoms with Crippen molar-refractivity contribution in [2.75, 3.05) is 20.2 Å². The number of rotatable bonds is 6. The molecule has 2 aromatic rings. The van der Waals surface area contributed by atoms with Crippen LogP contribution in [-0.4, -0.2) is 40.9 Å². The topological polar surface area (TPSA) is 42.3 Å². The molecule has 1 aliphatic rings. The summed E-state index contributed by atoms with van der Waals surface area (Å²) in [7, 11) is 3.63. The number of likely N-dealkylation sites (tertiary alicyclic amines) is 1. The van der Waals surface area contributed by atoms with Crippen LogP contribution in [0.2, 0.25) is 0 Å². The molecule has 1 saturated heterocycles. The third-order valence-electron chi connectivity index (χ3n) is 4.74. The molecule has 2 atom stereocenters. The monoisotopic (exact) mass is 328 g/mol. The van der Waals surface area contributed by atoms with Crippen LogP contribution in [0.4, 0.5) is 0 Å². The van der Waals surface area contributed by atoms with E-state index in [-0.39, 0.29) is 6.04 Å². The zero-order chi connectivity index (χ0) is 17.1. The summed E-state index contributed by atoms with van der Waals surface area (Å²) >= 11 is 0. The molecule has 0 bridgehead atoms. The first-order valence-corrected chi connectivity index (χ1v) is 8.66. The third-order valence-corrected chi connectivity index (χ3v) is 4.74. The maximum Gasteiger partial charge on any atom is 0.161 e. The van der Waals surface area contributed by atoms with Gasteiger partial charge in [-0.3, -0.25) is 9.58 Å². The van der Waals surface area contributed by atoms with Crippen molar-refractivity contribution in [2.45, 2.75) is 38.9 Å². The number of hydrogen-bond acceptors (Lipinski definition) is 4. The predicted molar refractivity (Wildman–Crippen MR) is 96.2 cm³/mol. The van der Waals surface area contributed by atoms with Gasteiger partial charge in [-0.05, 0) is 25.8 Å². The van der Waals surface area contributed by atoms with Crippen molar-refractivity contribution >= 4 is 0 Å². The highest BCUT2D eigenvalue weighted by Gasteiger charge is 2.25. The lowest BCUT2D eigenvalue weighted by molar-refractivity contribution is 0.314. The fourth-order valence-electron chi connectivity index (χ4n) is 3.44. The van der Waals surface area contributed by atoms with E-state index < -0.39 is 0 Å². The van der Waals surface area contributed by atoms with Crippen LogP contribution in [-0.2, 0) is 13.6 Å². The first kappa shape index (κ1) is 17.0. The molecule has 0 aliphatic carbocycles. The summed E-state index contributed by atoms with van der Waals surface area (Å²) in [5, 5.41) is 8.24. The van der Waals surface area contributed by atoms with E-state index in [1.54, 1.807) is 7.11 Å². The fourth-order valence-corrected chi connectivity index (χ4v) is 3.44. The Hall–Kier alpha value is -1.85. The van der Waals surface area contributed by atoms with E-state index in [4.69, 9.17) is 4.74 Å². The van der Waals surface area contributed by atoms with E-state index in [1.807, 2.05) is 17.9 Å². The highest BCUT2D eigenvalue weighted by molar-refractivity contribution is 5.27. The fraction of sp³-hybridized carbons (Fsp3) is 0.526. The Kier molecular flexibility index (Phi) is 5.21. The molecule has 1 aliphatic heterocycles. The van der Waals surface area contributed by atoms with Crippen molar-refractivity contribution in [2.24, 2.45) is 7.05 Å². The Morgan fingerprint density at radius 1 is 1.33 bits per heavy atom. The van der Waals surface area contributed by atoms with Crippen LogP contribution in [0.15, 0.2) is 30.5 Å². The van der Waals surface area contributed by atoms with Crippen molar-refractivity contribution < 1.29 is 4.74 Å². The zero-order valence-electron chi connectivity index (χ0n) is 15.1. The van der Waals surface area contributed by atoms with E-state index in [0.29, 0.717) is 6.04 Å². The minimum absolute atomic E-state index is 0.186. The lowest BCUT2D eigenvalue weighted by Crippen LogP contribution is -2.34. The van der Waals surface area contributed by atoms with Gasteiger partial charge in [-0.15, -0.1) is 0 Å². The lowest BCUT2D eigenvalue weighted by atomic mass is 10.1. The SMILES string of the molecule is COc1cn(C)nc1C(C)NC1CCN(Cc2ccc(C)cc2)C1. The number of ether oxygens (including phenoxy) is 1. The van der Waals surface area contributed by atoms with Gasteiger partial charge in [0.05, 0.1) is 19.3 Å². The van der Waals surface area contributed by atoms with Gasteiger partial charge >= 0.3 is 0 Å². The molecule has 5 nitrogen and oxygen atoms in total. The van der Waals surface area contributed by atoms with Gasteiger partial charge in [0.15, 0.2) is 5.75 Å².